The molecule has 118 valence electrons. The van der Waals surface area contributed by atoms with Crippen LogP contribution in [0, 0.1) is 6.92 Å². The van der Waals surface area contributed by atoms with Gasteiger partial charge in [0.2, 0.25) is 5.91 Å². The average Bonchev–Trinajstić information content (AvgIpc) is 3.14. The van der Waals surface area contributed by atoms with Gasteiger partial charge >= 0.3 is 0 Å². The highest BCUT2D eigenvalue weighted by Crippen LogP contribution is 2.26. The number of amides is 1. The summed E-state index contributed by atoms with van der Waals surface area (Å²) in [6, 6.07) is 4.15. The van der Waals surface area contributed by atoms with Gasteiger partial charge in [-0.15, -0.1) is 11.3 Å². The molecule has 1 amide bonds. The van der Waals surface area contributed by atoms with Crippen LogP contribution in [-0.4, -0.2) is 33.4 Å². The van der Waals surface area contributed by atoms with Gasteiger partial charge in [-0.25, -0.2) is 4.98 Å². The van der Waals surface area contributed by atoms with Gasteiger partial charge in [-0.3, -0.25) is 4.79 Å². The van der Waals surface area contributed by atoms with Gasteiger partial charge in [0, 0.05) is 43.5 Å². The van der Waals surface area contributed by atoms with Crippen molar-refractivity contribution in [2.24, 2.45) is 7.05 Å². The molecule has 0 aromatic carbocycles. The molecule has 3 heterocycles. The van der Waals surface area contributed by atoms with E-state index >= 15 is 0 Å². The van der Waals surface area contributed by atoms with Crippen molar-refractivity contribution < 1.29 is 4.79 Å². The van der Waals surface area contributed by atoms with Gasteiger partial charge in [-0.1, -0.05) is 6.07 Å². The van der Waals surface area contributed by atoms with Crippen LogP contribution in [0.5, 0.6) is 0 Å². The lowest BCUT2D eigenvalue weighted by Crippen LogP contribution is -2.39. The van der Waals surface area contributed by atoms with E-state index in [1.165, 1.54) is 4.88 Å². The van der Waals surface area contributed by atoms with E-state index in [4.69, 9.17) is 0 Å². The van der Waals surface area contributed by atoms with Crippen molar-refractivity contribution in [1.82, 2.24) is 14.5 Å². The number of likely N-dealkylation sites (tertiary alicyclic amines) is 1. The van der Waals surface area contributed by atoms with E-state index in [-0.39, 0.29) is 5.91 Å². The van der Waals surface area contributed by atoms with E-state index in [1.807, 2.05) is 24.9 Å². The minimum absolute atomic E-state index is 0.282. The second kappa shape index (κ2) is 6.65. The molecule has 1 saturated heterocycles. The number of aromatic nitrogens is 2. The van der Waals surface area contributed by atoms with Gasteiger partial charge in [0.15, 0.2) is 0 Å². The molecule has 1 aliphatic heterocycles. The molecular weight excluding hydrogens is 294 g/mol. The maximum Gasteiger partial charge on any atom is 0.222 e. The third-order valence-electron chi connectivity index (χ3n) is 4.34. The minimum Gasteiger partial charge on any atom is -0.342 e. The summed E-state index contributed by atoms with van der Waals surface area (Å²) >= 11 is 1.73. The molecule has 0 radical (unpaired) electrons. The summed E-state index contributed by atoms with van der Waals surface area (Å²) < 4.78 is 2.11. The molecule has 0 bridgehead atoms. The highest BCUT2D eigenvalue weighted by atomic mass is 32.1. The highest BCUT2D eigenvalue weighted by Gasteiger charge is 2.27. The smallest absolute Gasteiger partial charge is 0.222 e. The Bertz CT molecular complexity index is 632. The van der Waals surface area contributed by atoms with E-state index in [0.717, 1.165) is 43.9 Å². The summed E-state index contributed by atoms with van der Waals surface area (Å²) in [5.74, 6) is 1.77. The lowest BCUT2D eigenvalue weighted by Gasteiger charge is -2.32. The van der Waals surface area contributed by atoms with Crippen LogP contribution in [0.2, 0.25) is 0 Å². The van der Waals surface area contributed by atoms with Crippen molar-refractivity contribution in [2.45, 2.75) is 38.5 Å². The first-order valence-corrected chi connectivity index (χ1v) is 8.81. The van der Waals surface area contributed by atoms with Crippen LogP contribution in [0.3, 0.4) is 0 Å². The zero-order valence-corrected chi connectivity index (χ0v) is 14.1. The number of hydrogen-bond acceptors (Lipinski definition) is 3. The lowest BCUT2D eigenvalue weighted by atomic mass is 9.96. The van der Waals surface area contributed by atoms with Crippen LogP contribution >= 0.6 is 11.3 Å². The number of piperidine rings is 1. The average molecular weight is 317 g/mol. The standard InChI is InChI=1S/C17H23N3OS/c1-13-11-19(2)17(18-13)14-5-3-9-20(12-14)16(21)8-7-15-6-4-10-22-15/h4,6,10-11,14H,3,5,7-9,12H2,1-2H3/t14-/m0/s1. The molecule has 0 aliphatic carbocycles. The quantitative estimate of drug-likeness (QED) is 0.869. The van der Waals surface area contributed by atoms with Crippen molar-refractivity contribution >= 4 is 17.2 Å². The molecule has 22 heavy (non-hydrogen) atoms. The molecule has 5 heteroatoms. The molecule has 0 spiro atoms. The topological polar surface area (TPSA) is 38.1 Å². The van der Waals surface area contributed by atoms with E-state index in [2.05, 4.69) is 27.2 Å². The summed E-state index contributed by atoms with van der Waals surface area (Å²) in [7, 11) is 2.05. The Morgan fingerprint density at radius 2 is 2.36 bits per heavy atom. The Balaban J connectivity index is 1.60. The fourth-order valence-corrected chi connectivity index (χ4v) is 3.98. The molecule has 3 rings (SSSR count). The van der Waals surface area contributed by atoms with E-state index in [1.54, 1.807) is 11.3 Å². The molecule has 1 aliphatic rings. The predicted molar refractivity (Wildman–Crippen MR) is 89.1 cm³/mol. The van der Waals surface area contributed by atoms with Gasteiger partial charge in [0.1, 0.15) is 5.82 Å². The van der Waals surface area contributed by atoms with Crippen LogP contribution in [0.25, 0.3) is 0 Å². The largest absolute Gasteiger partial charge is 0.342 e. The Hall–Kier alpha value is -1.62. The first kappa shape index (κ1) is 15.3. The van der Waals surface area contributed by atoms with Crippen molar-refractivity contribution in [3.8, 4) is 0 Å². The summed E-state index contributed by atoms with van der Waals surface area (Å²) in [6.45, 7) is 3.73. The molecular formula is C17H23N3OS. The number of aryl methyl sites for hydroxylation is 3. The number of carbonyl (C=O) groups is 1. The highest BCUT2D eigenvalue weighted by molar-refractivity contribution is 7.09. The number of thiophene rings is 1. The predicted octanol–water partition coefficient (Wildman–Crippen LogP) is 3.13. The minimum atomic E-state index is 0.282. The zero-order valence-electron chi connectivity index (χ0n) is 13.3. The number of nitrogens with zero attached hydrogens (tertiary/aromatic N) is 3. The monoisotopic (exact) mass is 317 g/mol. The Kier molecular flexibility index (Phi) is 4.62. The first-order valence-electron chi connectivity index (χ1n) is 7.93. The Morgan fingerprint density at radius 1 is 1.50 bits per heavy atom. The SMILES string of the molecule is Cc1cn(C)c([C@H]2CCCN(C(=O)CCc3cccs3)C2)n1. The van der Waals surface area contributed by atoms with Crippen LogP contribution < -0.4 is 0 Å². The molecule has 1 atom stereocenters. The van der Waals surface area contributed by atoms with Gasteiger partial charge in [-0.05, 0) is 37.6 Å². The van der Waals surface area contributed by atoms with Gasteiger partial charge in [0.25, 0.3) is 0 Å². The molecule has 1 fully saturated rings. The molecule has 0 N–H and O–H groups in total. The molecule has 2 aromatic heterocycles. The van der Waals surface area contributed by atoms with Crippen LogP contribution in [0.15, 0.2) is 23.7 Å². The second-order valence-corrected chi connectivity index (χ2v) is 7.14. The summed E-state index contributed by atoms with van der Waals surface area (Å²) in [6.07, 6.45) is 5.74. The van der Waals surface area contributed by atoms with Crippen LogP contribution in [-0.2, 0) is 18.3 Å². The van der Waals surface area contributed by atoms with Gasteiger partial charge in [0.05, 0.1) is 5.69 Å². The van der Waals surface area contributed by atoms with Gasteiger partial charge < -0.3 is 9.47 Å². The number of imidazole rings is 1. The van der Waals surface area contributed by atoms with E-state index in [9.17, 15) is 4.79 Å². The Morgan fingerprint density at radius 3 is 3.05 bits per heavy atom. The number of carbonyl (C=O) groups excluding carboxylic acids is 1. The molecule has 0 saturated carbocycles. The van der Waals surface area contributed by atoms with Crippen LogP contribution in [0.4, 0.5) is 0 Å². The third kappa shape index (κ3) is 3.40. The maximum atomic E-state index is 12.5. The number of hydrogen-bond donors (Lipinski definition) is 0. The van der Waals surface area contributed by atoms with Crippen molar-refractivity contribution in [1.29, 1.82) is 0 Å². The fraction of sp³-hybridized carbons (Fsp3) is 0.529. The van der Waals surface area contributed by atoms with Gasteiger partial charge in [-0.2, -0.15) is 0 Å². The Labute approximate surface area is 135 Å². The summed E-state index contributed by atoms with van der Waals surface area (Å²) in [5.41, 5.74) is 1.05. The summed E-state index contributed by atoms with van der Waals surface area (Å²) in [5, 5.41) is 2.07. The van der Waals surface area contributed by atoms with E-state index in [0.29, 0.717) is 12.3 Å². The molecule has 2 aromatic rings. The van der Waals surface area contributed by atoms with Crippen LogP contribution in [0.1, 0.15) is 41.6 Å². The summed E-state index contributed by atoms with van der Waals surface area (Å²) in [4.78, 5) is 20.4. The lowest BCUT2D eigenvalue weighted by molar-refractivity contribution is -0.132. The second-order valence-electron chi connectivity index (χ2n) is 6.11. The molecule has 0 unspecified atom stereocenters. The van der Waals surface area contributed by atoms with E-state index < -0.39 is 0 Å². The van der Waals surface area contributed by atoms with Crippen molar-refractivity contribution in [3.63, 3.8) is 0 Å². The zero-order chi connectivity index (χ0) is 15.5. The third-order valence-corrected chi connectivity index (χ3v) is 5.27. The van der Waals surface area contributed by atoms with Crippen molar-refractivity contribution in [2.75, 3.05) is 13.1 Å². The van der Waals surface area contributed by atoms with Crippen molar-refractivity contribution in [3.05, 3.63) is 40.1 Å². The first-order chi connectivity index (χ1) is 10.6. The normalized spacial score (nSPS) is 18.6. The number of rotatable bonds is 4. The maximum absolute atomic E-state index is 12.5. The molecule has 4 nitrogen and oxygen atoms in total. The fourth-order valence-electron chi connectivity index (χ4n) is 3.27.